The molecule has 1 saturated heterocycles. The minimum Gasteiger partial charge on any atom is -0.479 e. The Kier molecular flexibility index (Phi) is 48.9. The van der Waals surface area contributed by atoms with Gasteiger partial charge in [-0.1, -0.05) is 216 Å². The number of hydrogen-bond donors (Lipinski definition) is 3. The summed E-state index contributed by atoms with van der Waals surface area (Å²) >= 11 is 0. The second-order valence-corrected chi connectivity index (χ2v) is 19.1. The molecule has 1 rings (SSSR count). The van der Waals surface area contributed by atoms with Gasteiger partial charge in [-0.2, -0.15) is 0 Å². The number of carbonyl (C=O) groups is 4. The van der Waals surface area contributed by atoms with Gasteiger partial charge in [0.25, 0.3) is 0 Å². The molecule has 0 aromatic carbocycles. The normalized spacial score (nSPS) is 19.0. The molecule has 0 aliphatic carbocycles. The molecule has 12 nitrogen and oxygen atoms in total. The van der Waals surface area contributed by atoms with Gasteiger partial charge in [0.1, 0.15) is 18.8 Å². The molecule has 0 bridgehead atoms. The fraction of sp³-hybridized carbons (Fsp3) is 0.507. The predicted molar refractivity (Wildman–Crippen MR) is 330 cm³/mol. The summed E-state index contributed by atoms with van der Waals surface area (Å²) in [5, 5.41) is 31.5. The van der Waals surface area contributed by atoms with Gasteiger partial charge in [0.15, 0.2) is 24.6 Å². The van der Waals surface area contributed by atoms with Crippen LogP contribution in [0.4, 0.5) is 0 Å². The number of aliphatic hydroxyl groups excluding tert-OH is 2. The van der Waals surface area contributed by atoms with Crippen LogP contribution in [0.15, 0.2) is 182 Å². The van der Waals surface area contributed by atoms with E-state index >= 15 is 0 Å². The van der Waals surface area contributed by atoms with E-state index in [-0.39, 0.29) is 19.3 Å². The maximum Gasteiger partial charge on any atom is 0.335 e. The quantitative estimate of drug-likeness (QED) is 0.0228. The molecular formula is C69H100O12. The number of hydrogen-bond acceptors (Lipinski definition) is 11. The van der Waals surface area contributed by atoms with E-state index in [0.717, 1.165) is 109 Å². The van der Waals surface area contributed by atoms with Gasteiger partial charge in [-0.15, -0.1) is 0 Å². The highest BCUT2D eigenvalue weighted by atomic mass is 16.7. The molecule has 12 heteroatoms. The lowest BCUT2D eigenvalue weighted by molar-refractivity contribution is -0.301. The minimum absolute atomic E-state index is 0.0894. The number of unbranched alkanes of at least 4 members (excludes halogenated alkanes) is 4. The summed E-state index contributed by atoms with van der Waals surface area (Å²) in [5.74, 6) is -3.47. The highest BCUT2D eigenvalue weighted by molar-refractivity contribution is 5.74. The maximum absolute atomic E-state index is 13.1. The van der Waals surface area contributed by atoms with Crippen LogP contribution in [0.2, 0.25) is 0 Å². The molecule has 81 heavy (non-hydrogen) atoms. The summed E-state index contributed by atoms with van der Waals surface area (Å²) in [6.07, 6.45) is 70.4. The van der Waals surface area contributed by atoms with Crippen molar-refractivity contribution in [2.75, 3.05) is 13.2 Å². The molecule has 0 aromatic heterocycles. The van der Waals surface area contributed by atoms with E-state index < -0.39 is 73.9 Å². The molecule has 448 valence electrons. The molecule has 0 saturated carbocycles. The zero-order valence-electron chi connectivity index (χ0n) is 49.2. The van der Waals surface area contributed by atoms with Crippen LogP contribution in [0.5, 0.6) is 0 Å². The van der Waals surface area contributed by atoms with Crippen molar-refractivity contribution in [2.24, 2.45) is 0 Å². The van der Waals surface area contributed by atoms with Gasteiger partial charge >= 0.3 is 23.9 Å². The van der Waals surface area contributed by atoms with Crippen molar-refractivity contribution in [3.8, 4) is 0 Å². The predicted octanol–water partition coefficient (Wildman–Crippen LogP) is 15.7. The van der Waals surface area contributed by atoms with Crippen molar-refractivity contribution in [2.45, 2.75) is 212 Å². The summed E-state index contributed by atoms with van der Waals surface area (Å²) < 4.78 is 28.2. The number of esters is 3. The van der Waals surface area contributed by atoms with E-state index in [1.165, 1.54) is 0 Å². The zero-order chi connectivity index (χ0) is 58.9. The number of aliphatic carboxylic acids is 1. The maximum atomic E-state index is 13.1. The summed E-state index contributed by atoms with van der Waals surface area (Å²) in [4.78, 5) is 51.1. The summed E-state index contributed by atoms with van der Waals surface area (Å²) in [5.41, 5.74) is 0. The SMILES string of the molecule is CC/C=C\C/C=C\C/C=C\C/C=C\C/C=C\C/C=C\CCC(=O)OC1C(OCC(COC(=O)CCCCCC/C=C\C/C=C\C/C=C\C/C=C\CC)OC(=O)C/C=C\C/C=C\C/C=C\C/C=C\C/C=C\CC)OC(C(=O)O)C(O)C1O. The van der Waals surface area contributed by atoms with Crippen molar-refractivity contribution >= 4 is 23.9 Å². The molecule has 6 unspecified atom stereocenters. The highest BCUT2D eigenvalue weighted by Crippen LogP contribution is 2.26. The Morgan fingerprint density at radius 3 is 1.22 bits per heavy atom. The van der Waals surface area contributed by atoms with Crippen molar-refractivity contribution in [1.29, 1.82) is 0 Å². The topological polar surface area (TPSA) is 175 Å². The average molecular weight is 1120 g/mol. The molecule has 3 N–H and O–H groups in total. The van der Waals surface area contributed by atoms with Crippen LogP contribution in [0.25, 0.3) is 0 Å². The summed E-state index contributed by atoms with van der Waals surface area (Å²) in [6.45, 7) is 5.49. The number of aliphatic hydroxyl groups is 2. The van der Waals surface area contributed by atoms with E-state index in [9.17, 15) is 34.5 Å². The summed E-state index contributed by atoms with van der Waals surface area (Å²) in [6, 6.07) is 0. The van der Waals surface area contributed by atoms with E-state index in [4.69, 9.17) is 23.7 Å². The lowest BCUT2D eigenvalue weighted by Gasteiger charge is -2.40. The number of carboxylic acid groups (broad SMARTS) is 1. The number of allylic oxidation sites excluding steroid dienone is 29. The van der Waals surface area contributed by atoms with Gasteiger partial charge in [0.2, 0.25) is 0 Å². The molecule has 0 aromatic rings. The van der Waals surface area contributed by atoms with Gasteiger partial charge in [-0.05, 0) is 122 Å². The number of ether oxygens (including phenoxy) is 5. The molecule has 1 heterocycles. The lowest BCUT2D eigenvalue weighted by atomic mass is 9.98. The number of carbonyl (C=O) groups excluding carboxylic acids is 3. The lowest BCUT2D eigenvalue weighted by Crippen LogP contribution is -2.61. The molecule has 1 aliphatic rings. The third-order valence-electron chi connectivity index (χ3n) is 12.0. The first-order valence-corrected chi connectivity index (χ1v) is 29.8. The van der Waals surface area contributed by atoms with Gasteiger partial charge in [-0.25, -0.2) is 4.79 Å². The van der Waals surface area contributed by atoms with Crippen LogP contribution in [-0.2, 0) is 42.9 Å². The van der Waals surface area contributed by atoms with Crippen LogP contribution >= 0.6 is 0 Å². The van der Waals surface area contributed by atoms with Gasteiger partial charge in [0, 0.05) is 12.8 Å². The van der Waals surface area contributed by atoms with E-state index in [2.05, 4.69) is 161 Å². The molecule has 1 fully saturated rings. The first-order chi connectivity index (χ1) is 39.6. The highest BCUT2D eigenvalue weighted by Gasteiger charge is 2.50. The van der Waals surface area contributed by atoms with Gasteiger partial charge in [0.05, 0.1) is 13.0 Å². The first-order valence-electron chi connectivity index (χ1n) is 29.8. The zero-order valence-corrected chi connectivity index (χ0v) is 49.2. The van der Waals surface area contributed by atoms with Crippen molar-refractivity contribution in [3.63, 3.8) is 0 Å². The van der Waals surface area contributed by atoms with Gasteiger partial charge < -0.3 is 39.0 Å². The number of carboxylic acids is 1. The molecule has 1 aliphatic heterocycles. The van der Waals surface area contributed by atoms with Crippen LogP contribution in [0.3, 0.4) is 0 Å². The Morgan fingerprint density at radius 2 is 0.802 bits per heavy atom. The van der Waals surface area contributed by atoms with Crippen LogP contribution in [0.1, 0.15) is 175 Å². The smallest absolute Gasteiger partial charge is 0.335 e. The van der Waals surface area contributed by atoms with Crippen LogP contribution < -0.4 is 0 Å². The second kappa shape index (κ2) is 54.4. The Balaban J connectivity index is 2.81. The molecule has 0 radical (unpaired) electrons. The summed E-state index contributed by atoms with van der Waals surface area (Å²) in [7, 11) is 0. The standard InChI is InChI=1S/C69H100O12/c1-4-7-10-13-16-19-22-25-28-30-31-33-36-39-42-45-48-51-54-57-63(72)80-67-65(74)64(73)66(68(75)76)81-69(67)78-59-60(79-62(71)56-53-50-47-44-41-38-34-27-24-21-18-15-12-9-6-3)58-77-61(70)55-52-49-46-43-40-37-35-32-29-26-23-20-17-14-11-8-5-2/h7-12,16-21,25-29,31,33-35,37,39,41-42,44,48,50-51,53,60,64-67,69,73-74H,4-6,13-15,22-24,30,32,36,38,40,43,45-47,49,52,54-59H2,1-3H3,(H,75,76)/b10-7-,11-8-,12-9-,19-16-,20-17-,21-18-,28-25-,29-26-,33-31-,34-27-,37-35-,42-39-,44-41-,51-48-,53-50-. The van der Waals surface area contributed by atoms with Gasteiger partial charge in [-0.3, -0.25) is 14.4 Å². The van der Waals surface area contributed by atoms with Crippen molar-refractivity contribution in [3.05, 3.63) is 182 Å². The molecule has 0 amide bonds. The molecular weight excluding hydrogens is 1020 g/mol. The molecule has 0 spiro atoms. The second-order valence-electron chi connectivity index (χ2n) is 19.1. The van der Waals surface area contributed by atoms with E-state index in [0.29, 0.717) is 25.7 Å². The Bertz CT molecular complexity index is 2110. The molecule has 6 atom stereocenters. The first kappa shape index (κ1) is 72.8. The Labute approximate surface area is 487 Å². The van der Waals surface area contributed by atoms with Crippen molar-refractivity contribution < 1.29 is 58.2 Å². The minimum atomic E-state index is -1.96. The monoisotopic (exact) mass is 1120 g/mol. The fourth-order valence-electron chi connectivity index (χ4n) is 7.58. The third-order valence-corrected chi connectivity index (χ3v) is 12.0. The fourth-order valence-corrected chi connectivity index (χ4v) is 7.58. The third kappa shape index (κ3) is 44.2. The van der Waals surface area contributed by atoms with E-state index in [1.54, 1.807) is 6.08 Å². The number of rotatable bonds is 47. The van der Waals surface area contributed by atoms with E-state index in [1.807, 2.05) is 36.5 Å². The van der Waals surface area contributed by atoms with Crippen molar-refractivity contribution in [1.82, 2.24) is 0 Å². The van der Waals surface area contributed by atoms with Crippen LogP contribution in [-0.4, -0.2) is 89.2 Å². The van der Waals surface area contributed by atoms with Crippen LogP contribution in [0, 0.1) is 0 Å². The average Bonchev–Trinajstić information content (AvgIpc) is 3.54. The Hall–Kier alpha value is -6.18. The Morgan fingerprint density at radius 1 is 0.420 bits per heavy atom. The largest absolute Gasteiger partial charge is 0.479 e.